The molecule has 0 atom stereocenters. The van der Waals surface area contributed by atoms with Gasteiger partial charge in [-0.1, -0.05) is 51.1 Å². The number of benzene rings is 3. The number of fused-ring (bicyclic) bond motifs is 1. The molecule has 9 heteroatoms. The van der Waals surface area contributed by atoms with Crippen LogP contribution in [0.3, 0.4) is 0 Å². The summed E-state index contributed by atoms with van der Waals surface area (Å²) >= 11 is 0. The van der Waals surface area contributed by atoms with Crippen LogP contribution in [0.25, 0.3) is 10.8 Å². The Kier molecular flexibility index (Phi) is 9.90. The van der Waals surface area contributed by atoms with Gasteiger partial charge in [0.1, 0.15) is 12.4 Å². The highest BCUT2D eigenvalue weighted by Crippen LogP contribution is 2.36. The fraction of sp³-hybridized carbons (Fsp3) is 0.333. The van der Waals surface area contributed by atoms with Crippen LogP contribution in [0, 0.1) is 0 Å². The summed E-state index contributed by atoms with van der Waals surface area (Å²) in [5.74, 6) is -0.927. The van der Waals surface area contributed by atoms with Crippen LogP contribution in [0.15, 0.2) is 72.9 Å². The van der Waals surface area contributed by atoms with E-state index in [4.69, 9.17) is 14.2 Å². The van der Waals surface area contributed by atoms with Crippen molar-refractivity contribution in [3.8, 4) is 11.5 Å². The summed E-state index contributed by atoms with van der Waals surface area (Å²) in [4.78, 5) is 47.2. The van der Waals surface area contributed by atoms with Gasteiger partial charge in [-0.15, -0.1) is 0 Å². The Balaban J connectivity index is 1.40. The lowest BCUT2D eigenvalue weighted by molar-refractivity contribution is -0.112. The van der Waals surface area contributed by atoms with Gasteiger partial charge in [-0.2, -0.15) is 0 Å². The summed E-state index contributed by atoms with van der Waals surface area (Å²) in [7, 11) is 1.44. The average Bonchev–Trinajstić information content (AvgIpc) is 3.04. The van der Waals surface area contributed by atoms with Crippen molar-refractivity contribution in [1.29, 1.82) is 0 Å². The van der Waals surface area contributed by atoms with Crippen molar-refractivity contribution in [2.45, 2.75) is 32.6 Å². The minimum Gasteiger partial charge on any atom is -0.494 e. The van der Waals surface area contributed by atoms with Gasteiger partial charge in [-0.25, -0.2) is 0 Å². The van der Waals surface area contributed by atoms with Crippen molar-refractivity contribution in [2.75, 3.05) is 51.9 Å². The molecule has 1 saturated heterocycles. The zero-order chi connectivity index (χ0) is 32.0. The summed E-state index contributed by atoms with van der Waals surface area (Å²) in [5.41, 5.74) is 1.87. The number of ether oxygens (including phenoxy) is 3. The van der Waals surface area contributed by atoms with Gasteiger partial charge >= 0.3 is 0 Å². The predicted molar refractivity (Wildman–Crippen MR) is 174 cm³/mol. The Morgan fingerprint density at radius 2 is 1.67 bits per heavy atom. The Morgan fingerprint density at radius 3 is 2.36 bits per heavy atom. The maximum Gasteiger partial charge on any atom is 0.296 e. The third-order valence-electron chi connectivity index (χ3n) is 7.88. The maximum atomic E-state index is 13.6. The van der Waals surface area contributed by atoms with Crippen molar-refractivity contribution in [2.24, 2.45) is 0 Å². The van der Waals surface area contributed by atoms with E-state index >= 15 is 0 Å². The number of nitrogens with zero attached hydrogens (tertiary/aromatic N) is 2. The number of hydrogen-bond donors (Lipinski definition) is 1. The minimum atomic E-state index is -0.839. The molecule has 0 unspecified atom stereocenters. The van der Waals surface area contributed by atoms with E-state index in [2.05, 4.69) is 15.2 Å². The number of methoxy groups -OCH3 is 1. The number of aromatic nitrogens is 1. The van der Waals surface area contributed by atoms with Crippen molar-refractivity contribution >= 4 is 33.9 Å². The SMILES string of the molecule is COc1c(NC(=O)C(=O)c2ccc(OCCN3CCOCC3)c3ccccc23)cc(C(C)(C)C)cc1C(=O)Cc1ccccn1. The molecular formula is C36H39N3O6. The normalized spacial score (nSPS) is 13.8. The molecule has 0 spiro atoms. The summed E-state index contributed by atoms with van der Waals surface area (Å²) in [5, 5.41) is 4.11. The van der Waals surface area contributed by atoms with Crippen LogP contribution in [0.4, 0.5) is 5.69 Å². The number of Topliss-reactive ketones (excluding diaryl/α,β-unsaturated/α-hetero) is 2. The number of anilines is 1. The second kappa shape index (κ2) is 14.0. The molecule has 1 amide bonds. The molecule has 0 radical (unpaired) electrons. The third-order valence-corrected chi connectivity index (χ3v) is 7.88. The lowest BCUT2D eigenvalue weighted by Gasteiger charge is -2.26. The second-order valence-corrected chi connectivity index (χ2v) is 12.0. The molecule has 1 aromatic heterocycles. The van der Waals surface area contributed by atoms with Crippen molar-refractivity contribution in [3.05, 3.63) is 95.3 Å². The van der Waals surface area contributed by atoms with E-state index in [-0.39, 0.29) is 34.6 Å². The number of carbonyl (C=O) groups is 3. The molecule has 234 valence electrons. The number of ketones is 2. The van der Waals surface area contributed by atoms with E-state index < -0.39 is 11.7 Å². The van der Waals surface area contributed by atoms with Gasteiger partial charge in [0.25, 0.3) is 11.7 Å². The molecule has 2 heterocycles. The number of nitrogens with one attached hydrogen (secondary N) is 1. The Morgan fingerprint density at radius 1 is 0.933 bits per heavy atom. The first-order valence-electron chi connectivity index (χ1n) is 15.1. The number of rotatable bonds is 11. The number of carbonyl (C=O) groups excluding carboxylic acids is 3. The zero-order valence-electron chi connectivity index (χ0n) is 26.2. The van der Waals surface area contributed by atoms with Crippen LogP contribution in [0.1, 0.15) is 52.7 Å². The summed E-state index contributed by atoms with van der Waals surface area (Å²) in [6.07, 6.45) is 1.69. The molecule has 3 aromatic carbocycles. The van der Waals surface area contributed by atoms with Crippen LogP contribution in [-0.2, 0) is 21.4 Å². The van der Waals surface area contributed by atoms with E-state index in [1.54, 1.807) is 48.7 Å². The third kappa shape index (κ3) is 7.56. The van der Waals surface area contributed by atoms with E-state index in [0.717, 1.165) is 43.8 Å². The number of hydrogen-bond acceptors (Lipinski definition) is 8. The standard InChI is InChI=1S/C36H39N3O6/c1-36(2,3)24-21-29(31(40)23-25-9-7-8-14-37-25)34(43-4)30(22-24)38-35(42)33(41)28-12-13-32(27-11-6-5-10-26(27)28)45-20-17-39-15-18-44-19-16-39/h5-14,21-22H,15-20,23H2,1-4H3,(H,38,42). The van der Waals surface area contributed by atoms with Crippen molar-refractivity contribution in [1.82, 2.24) is 9.88 Å². The molecule has 0 bridgehead atoms. The quantitative estimate of drug-likeness (QED) is 0.176. The molecule has 1 aliphatic rings. The Hall–Kier alpha value is -4.60. The molecule has 5 rings (SSSR count). The van der Waals surface area contributed by atoms with Gasteiger partial charge in [0.05, 0.1) is 38.0 Å². The van der Waals surface area contributed by atoms with Gasteiger partial charge in [0.15, 0.2) is 11.5 Å². The molecule has 0 aliphatic carbocycles. The number of amides is 1. The highest BCUT2D eigenvalue weighted by molar-refractivity contribution is 6.48. The van der Waals surface area contributed by atoms with E-state index in [0.29, 0.717) is 29.0 Å². The average molecular weight is 610 g/mol. The largest absolute Gasteiger partial charge is 0.494 e. The van der Waals surface area contributed by atoms with Gasteiger partial charge < -0.3 is 19.5 Å². The van der Waals surface area contributed by atoms with Crippen LogP contribution in [0.5, 0.6) is 11.5 Å². The molecule has 1 N–H and O–H groups in total. The van der Waals surface area contributed by atoms with Crippen LogP contribution in [0.2, 0.25) is 0 Å². The first kappa shape index (κ1) is 31.8. The highest BCUT2D eigenvalue weighted by atomic mass is 16.5. The summed E-state index contributed by atoms with van der Waals surface area (Å²) in [6.45, 7) is 10.5. The topological polar surface area (TPSA) is 107 Å². The molecule has 45 heavy (non-hydrogen) atoms. The second-order valence-electron chi connectivity index (χ2n) is 12.0. The monoisotopic (exact) mass is 609 g/mol. The molecule has 4 aromatic rings. The minimum absolute atomic E-state index is 0.0595. The first-order valence-corrected chi connectivity index (χ1v) is 15.1. The molecular weight excluding hydrogens is 570 g/mol. The van der Waals surface area contributed by atoms with Crippen LogP contribution in [-0.4, -0.2) is 73.9 Å². The van der Waals surface area contributed by atoms with Gasteiger partial charge in [-0.3, -0.25) is 24.3 Å². The van der Waals surface area contributed by atoms with Crippen LogP contribution >= 0.6 is 0 Å². The number of morpholine rings is 1. The molecule has 9 nitrogen and oxygen atoms in total. The fourth-order valence-corrected chi connectivity index (χ4v) is 5.35. The predicted octanol–water partition coefficient (Wildman–Crippen LogP) is 5.50. The Bertz CT molecular complexity index is 1690. The van der Waals surface area contributed by atoms with Crippen molar-refractivity contribution in [3.63, 3.8) is 0 Å². The maximum absolute atomic E-state index is 13.6. The van der Waals surface area contributed by atoms with Crippen LogP contribution < -0.4 is 14.8 Å². The van der Waals surface area contributed by atoms with E-state index in [1.807, 2.05) is 45.0 Å². The van der Waals surface area contributed by atoms with Gasteiger partial charge in [0.2, 0.25) is 0 Å². The highest BCUT2D eigenvalue weighted by Gasteiger charge is 2.27. The summed E-state index contributed by atoms with van der Waals surface area (Å²) in [6, 6.07) is 19.7. The molecule has 0 saturated carbocycles. The number of pyridine rings is 1. The lowest BCUT2D eigenvalue weighted by Crippen LogP contribution is -2.38. The first-order chi connectivity index (χ1) is 21.7. The summed E-state index contributed by atoms with van der Waals surface area (Å²) < 4.78 is 17.2. The zero-order valence-corrected chi connectivity index (χ0v) is 26.2. The van der Waals surface area contributed by atoms with E-state index in [9.17, 15) is 14.4 Å². The van der Waals surface area contributed by atoms with E-state index in [1.165, 1.54) is 7.11 Å². The molecule has 1 fully saturated rings. The fourth-order valence-electron chi connectivity index (χ4n) is 5.35. The Labute approximate surface area is 263 Å². The van der Waals surface area contributed by atoms with Gasteiger partial charge in [0, 0.05) is 42.5 Å². The molecule has 1 aliphatic heterocycles. The smallest absolute Gasteiger partial charge is 0.296 e. The van der Waals surface area contributed by atoms with Gasteiger partial charge in [-0.05, 0) is 52.8 Å². The lowest BCUT2D eigenvalue weighted by atomic mass is 9.84. The van der Waals surface area contributed by atoms with Crippen molar-refractivity contribution < 1.29 is 28.6 Å².